The SMILES string of the molecule is COCC1(C(=O)N2CC(CO)C2)CCNCC1. The maximum Gasteiger partial charge on any atom is 0.231 e. The number of carbonyl (C=O) groups is 1. The average Bonchev–Trinajstić information content (AvgIpc) is 2.29. The lowest BCUT2D eigenvalue weighted by molar-refractivity contribution is -0.155. The van der Waals surface area contributed by atoms with Gasteiger partial charge in [0.2, 0.25) is 5.91 Å². The first kappa shape index (κ1) is 12.8. The molecular formula is C12H22N2O3. The van der Waals surface area contributed by atoms with Crippen molar-refractivity contribution in [2.75, 3.05) is 46.5 Å². The number of nitrogens with zero attached hydrogens (tertiary/aromatic N) is 1. The average molecular weight is 242 g/mol. The van der Waals surface area contributed by atoms with Gasteiger partial charge in [-0.05, 0) is 25.9 Å². The monoisotopic (exact) mass is 242 g/mol. The molecule has 0 aromatic rings. The number of hydrogen-bond donors (Lipinski definition) is 2. The number of carbonyl (C=O) groups excluding carboxylic acids is 1. The molecule has 0 atom stereocenters. The van der Waals surface area contributed by atoms with E-state index in [0.717, 1.165) is 25.9 Å². The van der Waals surface area contributed by atoms with Gasteiger partial charge < -0.3 is 20.1 Å². The lowest BCUT2D eigenvalue weighted by Crippen LogP contribution is -2.59. The van der Waals surface area contributed by atoms with Crippen LogP contribution < -0.4 is 5.32 Å². The molecular weight excluding hydrogens is 220 g/mol. The Labute approximate surface area is 102 Å². The third-order valence-corrected chi connectivity index (χ3v) is 3.94. The molecule has 0 saturated carbocycles. The number of amides is 1. The molecule has 2 fully saturated rings. The summed E-state index contributed by atoms with van der Waals surface area (Å²) in [4.78, 5) is 14.4. The molecule has 2 heterocycles. The molecule has 0 spiro atoms. The Morgan fingerprint density at radius 1 is 1.47 bits per heavy atom. The fraction of sp³-hybridized carbons (Fsp3) is 0.917. The molecule has 98 valence electrons. The summed E-state index contributed by atoms with van der Waals surface area (Å²) in [5, 5.41) is 12.3. The summed E-state index contributed by atoms with van der Waals surface area (Å²) >= 11 is 0. The van der Waals surface area contributed by atoms with Crippen LogP contribution >= 0.6 is 0 Å². The van der Waals surface area contributed by atoms with Gasteiger partial charge in [0.25, 0.3) is 0 Å². The van der Waals surface area contributed by atoms with Gasteiger partial charge in [-0.1, -0.05) is 0 Å². The first-order valence-electron chi connectivity index (χ1n) is 6.32. The third kappa shape index (κ3) is 2.46. The number of rotatable bonds is 4. The number of methoxy groups -OCH3 is 1. The number of likely N-dealkylation sites (tertiary alicyclic amines) is 1. The van der Waals surface area contributed by atoms with Crippen molar-refractivity contribution < 1.29 is 14.6 Å². The van der Waals surface area contributed by atoms with Crippen LogP contribution in [-0.2, 0) is 9.53 Å². The molecule has 5 nitrogen and oxygen atoms in total. The molecule has 0 aliphatic carbocycles. The quantitative estimate of drug-likeness (QED) is 0.694. The number of hydrogen-bond acceptors (Lipinski definition) is 4. The van der Waals surface area contributed by atoms with Gasteiger partial charge in [0.1, 0.15) is 0 Å². The van der Waals surface area contributed by atoms with E-state index in [1.54, 1.807) is 7.11 Å². The van der Waals surface area contributed by atoms with Crippen molar-refractivity contribution >= 4 is 5.91 Å². The van der Waals surface area contributed by atoms with E-state index < -0.39 is 0 Å². The standard InChI is InChI=1S/C12H22N2O3/c1-17-9-12(2-4-13-5-3-12)11(16)14-6-10(7-14)8-15/h10,13,15H,2-9H2,1H3. The molecule has 0 bridgehead atoms. The minimum absolute atomic E-state index is 0.183. The van der Waals surface area contributed by atoms with Crippen molar-refractivity contribution in [3.63, 3.8) is 0 Å². The normalized spacial score (nSPS) is 24.5. The Bertz CT molecular complexity index is 265. The van der Waals surface area contributed by atoms with Gasteiger partial charge in [0.05, 0.1) is 12.0 Å². The van der Waals surface area contributed by atoms with Crippen molar-refractivity contribution in [1.82, 2.24) is 10.2 Å². The van der Waals surface area contributed by atoms with Gasteiger partial charge in [-0.25, -0.2) is 0 Å². The summed E-state index contributed by atoms with van der Waals surface area (Å²) < 4.78 is 5.25. The van der Waals surface area contributed by atoms with Crippen molar-refractivity contribution in [1.29, 1.82) is 0 Å². The van der Waals surface area contributed by atoms with E-state index in [-0.39, 0.29) is 23.8 Å². The molecule has 0 unspecified atom stereocenters. The van der Waals surface area contributed by atoms with Gasteiger partial charge in [0.15, 0.2) is 0 Å². The molecule has 2 rings (SSSR count). The summed E-state index contributed by atoms with van der Waals surface area (Å²) in [6.07, 6.45) is 1.69. The Morgan fingerprint density at radius 3 is 2.65 bits per heavy atom. The highest BCUT2D eigenvalue weighted by Crippen LogP contribution is 2.34. The summed E-state index contributed by atoms with van der Waals surface area (Å²) in [7, 11) is 1.66. The van der Waals surface area contributed by atoms with Crippen LogP contribution in [0.25, 0.3) is 0 Å². The molecule has 5 heteroatoms. The maximum atomic E-state index is 12.5. The molecule has 2 aliphatic heterocycles. The summed E-state index contributed by atoms with van der Waals surface area (Å²) in [5.41, 5.74) is -0.333. The lowest BCUT2D eigenvalue weighted by Gasteiger charge is -2.45. The van der Waals surface area contributed by atoms with Gasteiger partial charge in [-0.3, -0.25) is 4.79 Å². The number of piperidine rings is 1. The Hall–Kier alpha value is -0.650. The van der Waals surface area contributed by atoms with E-state index in [2.05, 4.69) is 5.32 Å². The van der Waals surface area contributed by atoms with Crippen molar-refractivity contribution in [3.05, 3.63) is 0 Å². The van der Waals surface area contributed by atoms with E-state index in [4.69, 9.17) is 9.84 Å². The van der Waals surface area contributed by atoms with Crippen LogP contribution in [-0.4, -0.2) is 62.4 Å². The van der Waals surface area contributed by atoms with Crippen LogP contribution in [0.3, 0.4) is 0 Å². The highest BCUT2D eigenvalue weighted by atomic mass is 16.5. The predicted octanol–water partition coefficient (Wildman–Crippen LogP) is -0.547. The smallest absolute Gasteiger partial charge is 0.231 e. The number of aliphatic hydroxyl groups is 1. The minimum atomic E-state index is -0.333. The lowest BCUT2D eigenvalue weighted by atomic mass is 9.77. The molecule has 2 N–H and O–H groups in total. The zero-order chi connectivity index (χ0) is 12.3. The second-order valence-electron chi connectivity index (χ2n) is 5.22. The molecule has 0 aromatic heterocycles. The van der Waals surface area contributed by atoms with Crippen molar-refractivity contribution in [2.45, 2.75) is 12.8 Å². The van der Waals surface area contributed by atoms with E-state index in [1.165, 1.54) is 0 Å². The fourth-order valence-electron chi connectivity index (χ4n) is 2.79. The number of nitrogens with one attached hydrogen (secondary N) is 1. The third-order valence-electron chi connectivity index (χ3n) is 3.94. The Balaban J connectivity index is 1.98. The fourth-order valence-corrected chi connectivity index (χ4v) is 2.79. The van der Waals surface area contributed by atoms with Gasteiger partial charge in [-0.15, -0.1) is 0 Å². The van der Waals surface area contributed by atoms with E-state index in [1.807, 2.05) is 4.90 Å². The molecule has 0 aromatic carbocycles. The van der Waals surface area contributed by atoms with Gasteiger partial charge in [0, 0.05) is 32.7 Å². The number of ether oxygens (including phenoxy) is 1. The number of aliphatic hydroxyl groups excluding tert-OH is 1. The first-order valence-corrected chi connectivity index (χ1v) is 6.32. The van der Waals surface area contributed by atoms with Crippen LogP contribution in [0.5, 0.6) is 0 Å². The Morgan fingerprint density at radius 2 is 2.12 bits per heavy atom. The van der Waals surface area contributed by atoms with E-state index in [9.17, 15) is 4.79 Å². The molecule has 2 saturated heterocycles. The van der Waals surface area contributed by atoms with E-state index in [0.29, 0.717) is 19.7 Å². The minimum Gasteiger partial charge on any atom is -0.396 e. The predicted molar refractivity (Wildman–Crippen MR) is 63.6 cm³/mol. The zero-order valence-corrected chi connectivity index (χ0v) is 10.4. The van der Waals surface area contributed by atoms with E-state index >= 15 is 0 Å². The van der Waals surface area contributed by atoms with Crippen molar-refractivity contribution in [2.24, 2.45) is 11.3 Å². The highest BCUT2D eigenvalue weighted by Gasteiger charge is 2.45. The maximum absolute atomic E-state index is 12.5. The second kappa shape index (κ2) is 5.33. The zero-order valence-electron chi connectivity index (χ0n) is 10.4. The summed E-state index contributed by atoms with van der Waals surface area (Å²) in [5.74, 6) is 0.491. The topological polar surface area (TPSA) is 61.8 Å². The van der Waals surface area contributed by atoms with Crippen LogP contribution in [0, 0.1) is 11.3 Å². The van der Waals surface area contributed by atoms with Gasteiger partial charge >= 0.3 is 0 Å². The summed E-state index contributed by atoms with van der Waals surface area (Å²) in [6, 6.07) is 0. The molecule has 1 amide bonds. The second-order valence-corrected chi connectivity index (χ2v) is 5.22. The molecule has 0 radical (unpaired) electrons. The van der Waals surface area contributed by atoms with Crippen molar-refractivity contribution in [3.8, 4) is 0 Å². The van der Waals surface area contributed by atoms with Crippen LogP contribution in [0.1, 0.15) is 12.8 Å². The summed E-state index contributed by atoms with van der Waals surface area (Å²) in [6.45, 7) is 3.86. The van der Waals surface area contributed by atoms with Gasteiger partial charge in [-0.2, -0.15) is 0 Å². The van der Waals surface area contributed by atoms with Crippen LogP contribution in [0.15, 0.2) is 0 Å². The first-order chi connectivity index (χ1) is 8.22. The molecule has 17 heavy (non-hydrogen) atoms. The van der Waals surface area contributed by atoms with Crippen LogP contribution in [0.4, 0.5) is 0 Å². The Kier molecular flexibility index (Phi) is 4.01. The largest absolute Gasteiger partial charge is 0.396 e. The highest BCUT2D eigenvalue weighted by molar-refractivity contribution is 5.83. The molecule has 2 aliphatic rings. The van der Waals surface area contributed by atoms with Crippen LogP contribution in [0.2, 0.25) is 0 Å².